The molecule has 0 saturated heterocycles. The minimum Gasteiger partial charge on any atom is -0.507 e. The topological polar surface area (TPSA) is 50.9 Å². The first kappa shape index (κ1) is 28.5. The number of para-hydroxylation sites is 1. The molecule has 326 valence electrons. The SMILES string of the molecule is [2H]c1nc(-c2cc(-c3cccc4c3nc(-c3cc(C)cc(C(C)(C)C)c3O)n4-c3ccc(C(C)(C)CC)cc3-c3ccccc3)cc(C(C)(C)C)c2)c([2H])c(-c2c([2H])c([2H])c(C(C([2H])([2H])[2H])(C([2H])([2H])[2H])C([2H])([2H])[2H])c([2H])c2[2H])c1[2H]. The van der Waals surface area contributed by atoms with Gasteiger partial charge in [-0.05, 0) is 128 Å². The highest BCUT2D eigenvalue weighted by atomic mass is 16.3. The molecule has 4 nitrogen and oxygen atoms in total. The van der Waals surface area contributed by atoms with E-state index < -0.39 is 95.9 Å². The molecule has 0 aliphatic rings. The largest absolute Gasteiger partial charge is 0.507 e. The lowest BCUT2D eigenvalue weighted by atomic mass is 9.81. The predicted octanol–water partition coefficient (Wildman–Crippen LogP) is 16.3. The molecule has 4 heteroatoms. The highest BCUT2D eigenvalue weighted by Crippen LogP contribution is 2.45. The highest BCUT2D eigenvalue weighted by molar-refractivity contribution is 5.98. The zero-order chi connectivity index (χ0) is 59.5. The molecule has 0 aliphatic heterocycles. The number of nitrogens with zero attached hydrogens (tertiary/aromatic N) is 3. The minimum atomic E-state index is -3.92. The second kappa shape index (κ2) is 16.4. The summed E-state index contributed by atoms with van der Waals surface area (Å²) < 4.78 is 141. The van der Waals surface area contributed by atoms with Crippen LogP contribution in [0.1, 0.15) is 139 Å². The summed E-state index contributed by atoms with van der Waals surface area (Å²) in [7, 11) is 0. The number of aromatic hydroxyl groups is 1. The summed E-state index contributed by atoms with van der Waals surface area (Å²) in [5.74, 6) is 0.551. The Bertz CT molecular complexity index is 3700. The lowest BCUT2D eigenvalue weighted by molar-refractivity contribution is 0.448. The molecular weight excluding hydrogens is 779 g/mol. The molecule has 6 aromatic carbocycles. The van der Waals surface area contributed by atoms with Crippen molar-refractivity contribution in [3.63, 3.8) is 0 Å². The Hall–Kier alpha value is -6.26. The zero-order valence-corrected chi connectivity index (χ0v) is 38.2. The van der Waals surface area contributed by atoms with Gasteiger partial charge in [-0.15, -0.1) is 0 Å². The highest BCUT2D eigenvalue weighted by Gasteiger charge is 2.28. The van der Waals surface area contributed by atoms with Crippen molar-refractivity contribution in [3.05, 3.63) is 167 Å². The van der Waals surface area contributed by atoms with Crippen LogP contribution in [0.4, 0.5) is 0 Å². The molecule has 1 N–H and O–H groups in total. The third-order valence-corrected chi connectivity index (χ3v) is 12.2. The number of phenolic OH excluding ortho intramolecular Hbond substituents is 1. The second-order valence-corrected chi connectivity index (χ2v) is 19.5. The van der Waals surface area contributed by atoms with Gasteiger partial charge in [0.15, 0.2) is 0 Å². The van der Waals surface area contributed by atoms with Gasteiger partial charge < -0.3 is 5.11 Å². The lowest BCUT2D eigenvalue weighted by Gasteiger charge is -2.26. The van der Waals surface area contributed by atoms with Crippen LogP contribution in [-0.2, 0) is 21.7 Å². The monoisotopic (exact) mass is 860 g/mol. The summed E-state index contributed by atoms with van der Waals surface area (Å²) >= 11 is 0. The Morgan fingerprint density at radius 1 is 0.609 bits per heavy atom. The van der Waals surface area contributed by atoms with E-state index in [0.717, 1.165) is 45.5 Å². The maximum Gasteiger partial charge on any atom is 0.149 e. The summed E-state index contributed by atoms with van der Waals surface area (Å²) in [4.78, 5) is 9.92. The number of aromatic nitrogens is 3. The number of hydrogen-bond donors (Lipinski definition) is 1. The van der Waals surface area contributed by atoms with Crippen molar-refractivity contribution in [1.29, 1.82) is 0 Å². The first-order valence-corrected chi connectivity index (χ1v) is 21.6. The molecule has 64 heavy (non-hydrogen) atoms. The third kappa shape index (κ3) is 8.55. The van der Waals surface area contributed by atoms with Crippen molar-refractivity contribution >= 4 is 11.0 Å². The average Bonchev–Trinajstić information content (AvgIpc) is 2.75. The fourth-order valence-electron chi connectivity index (χ4n) is 8.04. The van der Waals surface area contributed by atoms with Gasteiger partial charge in [-0.25, -0.2) is 4.98 Å². The number of pyridine rings is 1. The Morgan fingerprint density at radius 3 is 2.00 bits per heavy atom. The van der Waals surface area contributed by atoms with Gasteiger partial charge in [-0.1, -0.05) is 168 Å². The second-order valence-electron chi connectivity index (χ2n) is 19.5. The summed E-state index contributed by atoms with van der Waals surface area (Å²) in [6.07, 6.45) is 0.164. The normalized spacial score (nSPS) is 16.8. The van der Waals surface area contributed by atoms with Crippen LogP contribution < -0.4 is 0 Å². The Balaban J connectivity index is 1.45. The summed E-state index contributed by atoms with van der Waals surface area (Å²) in [6.45, 7) is 8.89. The molecule has 0 unspecified atom stereocenters. The summed E-state index contributed by atoms with van der Waals surface area (Å²) in [5.41, 5.74) is 1.43. The molecule has 0 bridgehead atoms. The molecule has 0 fully saturated rings. The van der Waals surface area contributed by atoms with Crippen LogP contribution in [0.3, 0.4) is 0 Å². The van der Waals surface area contributed by atoms with E-state index in [1.165, 1.54) is 0 Å². The van der Waals surface area contributed by atoms with E-state index in [2.05, 4.69) is 60.7 Å². The quantitative estimate of drug-likeness (QED) is 0.166. The zero-order valence-electron chi connectivity index (χ0n) is 54.2. The van der Waals surface area contributed by atoms with Crippen molar-refractivity contribution in [2.75, 3.05) is 0 Å². The molecule has 0 radical (unpaired) electrons. The third-order valence-electron chi connectivity index (χ3n) is 12.2. The van der Waals surface area contributed by atoms with Crippen molar-refractivity contribution in [3.8, 4) is 67.5 Å². The van der Waals surface area contributed by atoms with Gasteiger partial charge in [0.25, 0.3) is 0 Å². The Kier molecular flexibility index (Phi) is 7.30. The van der Waals surface area contributed by atoms with Gasteiger partial charge >= 0.3 is 0 Å². The van der Waals surface area contributed by atoms with E-state index in [1.807, 2.05) is 103 Å². The standard InChI is InChI=1S/C60H65N3O/c1-14-60(12,13)45-27-28-52(48(37-45)40-19-16-15-17-20-40)63-53-22-18-21-47(54(53)62-56(63)49-31-38(2)32-50(55(49)64)59(9,10)11)42-33-43(35-46(34-42)58(6,7)8)51-36-41(29-30-61-51)39-23-25-44(26-24-39)57(3,4)5/h15-37,64H,14H2,1-13H3/i3D3,4D3,5D3,23D,24D,25D,26D,29D,30D,36D. The van der Waals surface area contributed by atoms with E-state index in [0.29, 0.717) is 33.5 Å². The number of rotatable bonds is 8. The fraction of sp³-hybridized carbons (Fsp3) is 0.300. The Labute approximate surface area is 404 Å². The van der Waals surface area contributed by atoms with Gasteiger partial charge in [0.1, 0.15) is 11.6 Å². The molecule has 0 amide bonds. The maximum absolute atomic E-state index is 12.4. The van der Waals surface area contributed by atoms with E-state index in [9.17, 15) is 9.22 Å². The van der Waals surface area contributed by atoms with Crippen molar-refractivity contribution in [2.45, 2.75) is 118 Å². The number of benzene rings is 6. The average molecular weight is 860 g/mol. The molecule has 2 heterocycles. The molecule has 8 rings (SSSR count). The number of imidazole rings is 1. The summed E-state index contributed by atoms with van der Waals surface area (Å²) in [6, 6.07) is 25.5. The number of hydrogen-bond acceptors (Lipinski definition) is 3. The van der Waals surface area contributed by atoms with Crippen LogP contribution in [0.15, 0.2) is 139 Å². The molecule has 8 aromatic rings. The van der Waals surface area contributed by atoms with Crippen LogP contribution in [-0.4, -0.2) is 19.6 Å². The van der Waals surface area contributed by atoms with Gasteiger partial charge in [-0.2, -0.15) is 0 Å². The number of fused-ring (bicyclic) bond motifs is 1. The van der Waals surface area contributed by atoms with Gasteiger partial charge in [0.05, 0.1) is 37.6 Å². The molecule has 2 aromatic heterocycles. The van der Waals surface area contributed by atoms with Crippen LogP contribution in [0, 0.1) is 6.92 Å². The van der Waals surface area contributed by atoms with Gasteiger partial charge in [-0.3, -0.25) is 9.55 Å². The van der Waals surface area contributed by atoms with Crippen LogP contribution in [0.5, 0.6) is 5.75 Å². The predicted molar refractivity (Wildman–Crippen MR) is 272 cm³/mol. The molecule has 0 aliphatic carbocycles. The van der Waals surface area contributed by atoms with E-state index in [4.69, 9.17) is 22.8 Å². The van der Waals surface area contributed by atoms with Crippen LogP contribution >= 0.6 is 0 Å². The van der Waals surface area contributed by atoms with E-state index in [-0.39, 0.29) is 22.4 Å². The fourth-order valence-corrected chi connectivity index (χ4v) is 8.04. The first-order valence-electron chi connectivity index (χ1n) is 29.6. The van der Waals surface area contributed by atoms with E-state index in [1.54, 1.807) is 12.1 Å². The van der Waals surface area contributed by atoms with E-state index >= 15 is 0 Å². The van der Waals surface area contributed by atoms with Crippen LogP contribution in [0.2, 0.25) is 0 Å². The van der Waals surface area contributed by atoms with Crippen molar-refractivity contribution < 1.29 is 27.0 Å². The molecular formula is C60H65N3O. The van der Waals surface area contributed by atoms with Crippen LogP contribution in [0.25, 0.3) is 72.7 Å². The molecule has 0 spiro atoms. The molecule has 0 atom stereocenters. The Morgan fingerprint density at radius 2 is 1.33 bits per heavy atom. The summed E-state index contributed by atoms with van der Waals surface area (Å²) in [5, 5.41) is 12.4. The van der Waals surface area contributed by atoms with Crippen molar-refractivity contribution in [2.24, 2.45) is 0 Å². The minimum absolute atomic E-state index is 0.0830. The number of aryl methyl sites for hydroxylation is 1. The number of phenols is 1. The van der Waals surface area contributed by atoms with Crippen molar-refractivity contribution in [1.82, 2.24) is 14.5 Å². The maximum atomic E-state index is 12.4. The van der Waals surface area contributed by atoms with Gasteiger partial charge in [0, 0.05) is 40.8 Å². The molecule has 0 saturated carbocycles. The lowest BCUT2D eigenvalue weighted by Crippen LogP contribution is -2.16. The first-order chi connectivity index (χ1) is 36.8. The van der Waals surface area contributed by atoms with Gasteiger partial charge in [0.2, 0.25) is 0 Å². The smallest absolute Gasteiger partial charge is 0.149 e.